The molecular formula is C56H103NO5. The zero-order valence-electron chi connectivity index (χ0n) is 41.1. The predicted molar refractivity (Wildman–Crippen MR) is 269 cm³/mol. The second-order valence-corrected chi connectivity index (χ2v) is 18.2. The average molecular weight is 870 g/mol. The molecule has 0 saturated heterocycles. The number of ether oxygens (including phenoxy) is 1. The first-order valence-electron chi connectivity index (χ1n) is 26.9. The van der Waals surface area contributed by atoms with E-state index in [0.29, 0.717) is 19.4 Å². The van der Waals surface area contributed by atoms with Crippen LogP contribution >= 0.6 is 0 Å². The van der Waals surface area contributed by atoms with Gasteiger partial charge in [-0.15, -0.1) is 0 Å². The van der Waals surface area contributed by atoms with E-state index in [2.05, 4.69) is 55.6 Å². The summed E-state index contributed by atoms with van der Waals surface area (Å²) in [6.45, 7) is 4.84. The first-order valence-corrected chi connectivity index (χ1v) is 26.9. The Morgan fingerprint density at radius 3 is 1.26 bits per heavy atom. The van der Waals surface area contributed by atoms with E-state index in [-0.39, 0.29) is 18.5 Å². The Bertz CT molecular complexity index is 1050. The number of allylic oxidation sites excluding steroid dienone is 7. The minimum absolute atomic E-state index is 0.0113. The van der Waals surface area contributed by atoms with Gasteiger partial charge in [0.05, 0.1) is 25.4 Å². The van der Waals surface area contributed by atoms with E-state index in [1.165, 1.54) is 180 Å². The third kappa shape index (κ3) is 47.3. The molecule has 0 saturated carbocycles. The van der Waals surface area contributed by atoms with E-state index < -0.39 is 12.1 Å². The van der Waals surface area contributed by atoms with Crippen molar-refractivity contribution in [2.75, 3.05) is 13.2 Å². The molecule has 362 valence electrons. The minimum Gasteiger partial charge on any atom is -0.466 e. The van der Waals surface area contributed by atoms with Gasteiger partial charge in [0.2, 0.25) is 5.91 Å². The number of hydrogen-bond donors (Lipinski definition) is 3. The predicted octanol–water partition coefficient (Wildman–Crippen LogP) is 16.2. The summed E-state index contributed by atoms with van der Waals surface area (Å²) in [4.78, 5) is 24.4. The zero-order chi connectivity index (χ0) is 45.1. The van der Waals surface area contributed by atoms with E-state index >= 15 is 0 Å². The van der Waals surface area contributed by atoms with Crippen LogP contribution in [0.5, 0.6) is 0 Å². The molecule has 0 aliphatic heterocycles. The summed E-state index contributed by atoms with van der Waals surface area (Å²) in [5, 5.41) is 22.9. The molecule has 3 N–H and O–H groups in total. The molecule has 0 rings (SSSR count). The van der Waals surface area contributed by atoms with Crippen molar-refractivity contribution < 1.29 is 24.5 Å². The molecule has 0 aromatic heterocycles. The largest absolute Gasteiger partial charge is 0.466 e. The summed E-state index contributed by atoms with van der Waals surface area (Å²) in [5.41, 5.74) is 0. The van der Waals surface area contributed by atoms with Crippen molar-refractivity contribution in [3.05, 3.63) is 48.6 Å². The summed E-state index contributed by atoms with van der Waals surface area (Å²) in [6.07, 6.45) is 64.1. The molecule has 0 fully saturated rings. The number of esters is 1. The number of hydrogen-bond acceptors (Lipinski definition) is 5. The highest BCUT2D eigenvalue weighted by Gasteiger charge is 2.18. The number of unbranched alkanes of at least 4 members (excludes halogenated alkanes) is 32. The van der Waals surface area contributed by atoms with E-state index in [1.54, 1.807) is 6.08 Å². The van der Waals surface area contributed by atoms with Crippen LogP contribution < -0.4 is 5.32 Å². The molecule has 2 atom stereocenters. The van der Waals surface area contributed by atoms with Crippen LogP contribution in [-0.2, 0) is 14.3 Å². The molecule has 6 heteroatoms. The van der Waals surface area contributed by atoms with Crippen LogP contribution in [0.25, 0.3) is 0 Å². The van der Waals surface area contributed by atoms with Gasteiger partial charge in [-0.1, -0.05) is 217 Å². The number of aliphatic hydroxyl groups is 2. The van der Waals surface area contributed by atoms with Crippen LogP contribution in [0.4, 0.5) is 0 Å². The molecule has 0 aromatic rings. The number of rotatable bonds is 49. The number of carbonyl (C=O) groups excluding carboxylic acids is 2. The topological polar surface area (TPSA) is 95.9 Å². The van der Waals surface area contributed by atoms with E-state index in [1.807, 2.05) is 6.08 Å². The Labute approximate surface area is 385 Å². The van der Waals surface area contributed by atoms with Gasteiger partial charge in [0.25, 0.3) is 0 Å². The van der Waals surface area contributed by atoms with Crippen molar-refractivity contribution in [1.29, 1.82) is 0 Å². The molecule has 1 amide bonds. The molecule has 0 bridgehead atoms. The average Bonchev–Trinajstić information content (AvgIpc) is 3.27. The van der Waals surface area contributed by atoms with Crippen molar-refractivity contribution >= 4 is 11.9 Å². The van der Waals surface area contributed by atoms with Gasteiger partial charge in [-0.3, -0.25) is 9.59 Å². The fourth-order valence-electron chi connectivity index (χ4n) is 7.89. The van der Waals surface area contributed by atoms with Gasteiger partial charge in [0, 0.05) is 12.8 Å². The van der Waals surface area contributed by atoms with Crippen LogP contribution in [0.1, 0.15) is 271 Å². The first-order chi connectivity index (χ1) is 30.5. The van der Waals surface area contributed by atoms with Crippen molar-refractivity contribution in [3.63, 3.8) is 0 Å². The molecule has 6 nitrogen and oxygen atoms in total. The van der Waals surface area contributed by atoms with Crippen molar-refractivity contribution in [3.8, 4) is 0 Å². The summed E-state index contributed by atoms with van der Waals surface area (Å²) >= 11 is 0. The molecule has 2 unspecified atom stereocenters. The van der Waals surface area contributed by atoms with E-state index in [0.717, 1.165) is 64.2 Å². The highest BCUT2D eigenvalue weighted by molar-refractivity contribution is 5.76. The molecule has 0 aliphatic carbocycles. The highest BCUT2D eigenvalue weighted by atomic mass is 16.5. The van der Waals surface area contributed by atoms with Gasteiger partial charge in [-0.05, 0) is 89.9 Å². The van der Waals surface area contributed by atoms with Crippen LogP contribution in [0.2, 0.25) is 0 Å². The lowest BCUT2D eigenvalue weighted by atomic mass is 10.1. The summed E-state index contributed by atoms with van der Waals surface area (Å²) < 4.78 is 5.46. The molecule has 62 heavy (non-hydrogen) atoms. The Morgan fingerprint density at radius 2 is 0.806 bits per heavy atom. The van der Waals surface area contributed by atoms with Crippen molar-refractivity contribution in [1.82, 2.24) is 5.32 Å². The first kappa shape index (κ1) is 59.8. The van der Waals surface area contributed by atoms with E-state index in [9.17, 15) is 19.8 Å². The molecular weight excluding hydrogens is 767 g/mol. The maximum Gasteiger partial charge on any atom is 0.305 e. The van der Waals surface area contributed by atoms with E-state index in [4.69, 9.17) is 4.74 Å². The third-order valence-corrected chi connectivity index (χ3v) is 12.1. The lowest BCUT2D eigenvalue weighted by Crippen LogP contribution is -2.45. The quantitative estimate of drug-likeness (QED) is 0.0322. The Hall–Kier alpha value is -2.18. The normalized spacial score (nSPS) is 13.0. The smallest absolute Gasteiger partial charge is 0.305 e. The molecule has 0 spiro atoms. The SMILES string of the molecule is CCCCCC/C=C\C/C=C\CCCCCCCC(=O)OCCCCCCCCCC/C=C\CCCCCCCCCC(=O)NC(CO)C(O)/C=C/CCCCCCCCCC. The lowest BCUT2D eigenvalue weighted by Gasteiger charge is -2.20. The monoisotopic (exact) mass is 870 g/mol. The number of carbonyl (C=O) groups is 2. The summed E-state index contributed by atoms with van der Waals surface area (Å²) in [5.74, 6) is -0.0924. The van der Waals surface area contributed by atoms with Gasteiger partial charge in [0.15, 0.2) is 0 Å². The number of nitrogens with one attached hydrogen (secondary N) is 1. The summed E-state index contributed by atoms with van der Waals surface area (Å²) in [6, 6.07) is -0.634. The highest BCUT2D eigenvalue weighted by Crippen LogP contribution is 2.14. The standard InChI is InChI=1S/C56H103NO5/c1-3-5-7-9-11-13-15-16-17-24-27-30-34-38-42-46-50-56(61)62-51-47-43-39-35-31-28-25-22-20-18-19-21-23-26-29-33-37-41-45-49-55(60)57-53(52-58)54(59)48-44-40-36-32-14-12-10-8-6-4-2/h13,15,17-19,24,44,48,53-54,58-59H,3-12,14,16,20-23,25-43,45-47,49-52H2,1-2H3,(H,57,60)/b15-13-,19-18-,24-17-,48-44+. The second-order valence-electron chi connectivity index (χ2n) is 18.2. The fraction of sp³-hybridized carbons (Fsp3) is 0.821. The molecule has 0 heterocycles. The maximum absolute atomic E-state index is 12.4. The number of amides is 1. The van der Waals surface area contributed by atoms with Crippen LogP contribution in [0.15, 0.2) is 48.6 Å². The van der Waals surface area contributed by atoms with Crippen molar-refractivity contribution in [2.24, 2.45) is 0 Å². The Balaban J connectivity index is 3.46. The maximum atomic E-state index is 12.4. The van der Waals surface area contributed by atoms with Crippen LogP contribution in [0.3, 0.4) is 0 Å². The van der Waals surface area contributed by atoms with Gasteiger partial charge < -0.3 is 20.3 Å². The lowest BCUT2D eigenvalue weighted by molar-refractivity contribution is -0.143. The summed E-state index contributed by atoms with van der Waals surface area (Å²) in [7, 11) is 0. The van der Waals surface area contributed by atoms with Crippen LogP contribution in [-0.4, -0.2) is 47.4 Å². The van der Waals surface area contributed by atoms with Gasteiger partial charge in [0.1, 0.15) is 0 Å². The molecule has 0 aromatic carbocycles. The Kier molecular flexibility index (Phi) is 49.6. The van der Waals surface area contributed by atoms with Gasteiger partial charge in [-0.2, -0.15) is 0 Å². The zero-order valence-corrected chi connectivity index (χ0v) is 41.1. The van der Waals surface area contributed by atoms with Gasteiger partial charge >= 0.3 is 5.97 Å². The van der Waals surface area contributed by atoms with Crippen molar-refractivity contribution in [2.45, 2.75) is 283 Å². The molecule has 0 aliphatic rings. The number of aliphatic hydroxyl groups excluding tert-OH is 2. The third-order valence-electron chi connectivity index (χ3n) is 12.1. The minimum atomic E-state index is -0.849. The Morgan fingerprint density at radius 1 is 0.452 bits per heavy atom. The molecule has 0 radical (unpaired) electrons. The van der Waals surface area contributed by atoms with Gasteiger partial charge in [-0.25, -0.2) is 0 Å². The van der Waals surface area contributed by atoms with Crippen LogP contribution in [0, 0.1) is 0 Å². The second kappa shape index (κ2) is 51.5. The fourth-order valence-corrected chi connectivity index (χ4v) is 7.89.